The van der Waals surface area contributed by atoms with Crippen LogP contribution in [0.3, 0.4) is 0 Å². The van der Waals surface area contributed by atoms with E-state index in [0.717, 1.165) is 35.9 Å². The number of nitrogens with one attached hydrogen (secondary N) is 1. The zero-order valence-corrected chi connectivity index (χ0v) is 16.8. The van der Waals surface area contributed by atoms with Crippen molar-refractivity contribution < 1.29 is 9.53 Å². The van der Waals surface area contributed by atoms with E-state index in [2.05, 4.69) is 33.9 Å². The monoisotopic (exact) mass is 376 g/mol. The fourth-order valence-electron chi connectivity index (χ4n) is 2.58. The highest BCUT2D eigenvalue weighted by Gasteiger charge is 2.12. The Balaban J connectivity index is 1.73. The van der Waals surface area contributed by atoms with Crippen molar-refractivity contribution >= 4 is 17.7 Å². The summed E-state index contributed by atoms with van der Waals surface area (Å²) in [6, 6.07) is 7.68. The lowest BCUT2D eigenvalue weighted by Gasteiger charge is -2.12. The topological polar surface area (TPSA) is 69.0 Å². The fourth-order valence-corrected chi connectivity index (χ4v) is 3.11. The molecule has 7 heteroatoms. The third kappa shape index (κ3) is 6.37. The first-order chi connectivity index (χ1) is 12.5. The number of amides is 1. The summed E-state index contributed by atoms with van der Waals surface area (Å²) in [5.74, 6) is 2.12. The molecule has 0 aliphatic rings. The third-order valence-electron chi connectivity index (χ3n) is 3.78. The number of ether oxygens (including phenoxy) is 1. The minimum Gasteiger partial charge on any atom is -0.484 e. The molecule has 0 atom stereocenters. The van der Waals surface area contributed by atoms with Crippen molar-refractivity contribution in [1.82, 2.24) is 20.1 Å². The molecule has 2 rings (SSSR count). The van der Waals surface area contributed by atoms with Crippen LogP contribution >= 0.6 is 11.8 Å². The van der Waals surface area contributed by atoms with Gasteiger partial charge in [-0.25, -0.2) is 0 Å². The highest BCUT2D eigenvalue weighted by molar-refractivity contribution is 7.98. The van der Waals surface area contributed by atoms with E-state index < -0.39 is 0 Å². The van der Waals surface area contributed by atoms with Crippen molar-refractivity contribution in [2.45, 2.75) is 45.3 Å². The number of hydrogen-bond acceptors (Lipinski definition) is 5. The van der Waals surface area contributed by atoms with Gasteiger partial charge < -0.3 is 14.6 Å². The summed E-state index contributed by atoms with van der Waals surface area (Å²) in [6.45, 7) is 7.90. The SMILES string of the molecule is CSc1nnc(CCCNC(=O)COc2cccc(C)c2)n1CC(C)C. The summed E-state index contributed by atoms with van der Waals surface area (Å²) in [5.41, 5.74) is 1.11. The summed E-state index contributed by atoms with van der Waals surface area (Å²) in [6.07, 6.45) is 3.62. The molecule has 0 radical (unpaired) electrons. The first-order valence-electron chi connectivity index (χ1n) is 8.91. The molecule has 0 saturated carbocycles. The number of hydrogen-bond donors (Lipinski definition) is 1. The molecule has 6 nitrogen and oxygen atoms in total. The second kappa shape index (κ2) is 10.2. The normalized spacial score (nSPS) is 11.0. The zero-order chi connectivity index (χ0) is 18.9. The molecular formula is C19H28N4O2S. The minimum absolute atomic E-state index is 0.0314. The van der Waals surface area contributed by atoms with Crippen LogP contribution in [0.2, 0.25) is 0 Å². The van der Waals surface area contributed by atoms with Crippen molar-refractivity contribution in [3.05, 3.63) is 35.7 Å². The van der Waals surface area contributed by atoms with Crippen molar-refractivity contribution in [2.24, 2.45) is 5.92 Å². The molecule has 0 aliphatic carbocycles. The molecular weight excluding hydrogens is 348 g/mol. The van der Waals surface area contributed by atoms with Gasteiger partial charge in [-0.05, 0) is 43.2 Å². The summed E-state index contributed by atoms with van der Waals surface area (Å²) in [4.78, 5) is 11.9. The number of benzene rings is 1. The average Bonchev–Trinajstić information content (AvgIpc) is 2.98. The Hall–Kier alpha value is -2.02. The van der Waals surface area contributed by atoms with Crippen molar-refractivity contribution in [1.29, 1.82) is 0 Å². The number of thioether (sulfide) groups is 1. The van der Waals surface area contributed by atoms with Crippen LogP contribution in [0.15, 0.2) is 29.4 Å². The number of nitrogens with zero attached hydrogens (tertiary/aromatic N) is 3. The Kier molecular flexibility index (Phi) is 7.97. The summed E-state index contributed by atoms with van der Waals surface area (Å²) >= 11 is 1.61. The predicted octanol–water partition coefficient (Wildman–Crippen LogP) is 3.09. The summed E-state index contributed by atoms with van der Waals surface area (Å²) < 4.78 is 7.68. The smallest absolute Gasteiger partial charge is 0.257 e. The molecule has 0 fully saturated rings. The average molecular weight is 377 g/mol. The highest BCUT2D eigenvalue weighted by atomic mass is 32.2. The lowest BCUT2D eigenvalue weighted by molar-refractivity contribution is -0.123. The van der Waals surface area contributed by atoms with Crippen LogP contribution in [0, 0.1) is 12.8 Å². The highest BCUT2D eigenvalue weighted by Crippen LogP contribution is 2.16. The molecule has 1 aromatic heterocycles. The number of carbonyl (C=O) groups is 1. The number of carbonyl (C=O) groups excluding carboxylic acids is 1. The lowest BCUT2D eigenvalue weighted by Crippen LogP contribution is -2.30. The molecule has 0 saturated heterocycles. The van der Waals surface area contributed by atoms with Crippen LogP contribution in [0.4, 0.5) is 0 Å². The van der Waals surface area contributed by atoms with Gasteiger partial charge in [0.15, 0.2) is 11.8 Å². The van der Waals surface area contributed by atoms with E-state index in [1.54, 1.807) is 11.8 Å². The van der Waals surface area contributed by atoms with Gasteiger partial charge in [0.25, 0.3) is 5.91 Å². The van der Waals surface area contributed by atoms with E-state index in [1.807, 2.05) is 37.4 Å². The van der Waals surface area contributed by atoms with Gasteiger partial charge in [0.2, 0.25) is 0 Å². The summed E-state index contributed by atoms with van der Waals surface area (Å²) in [5, 5.41) is 12.4. The van der Waals surface area contributed by atoms with Gasteiger partial charge in [0.05, 0.1) is 0 Å². The molecule has 142 valence electrons. The largest absolute Gasteiger partial charge is 0.484 e. The molecule has 1 aromatic carbocycles. The molecule has 1 heterocycles. The van der Waals surface area contributed by atoms with Crippen LogP contribution in [-0.4, -0.2) is 40.1 Å². The van der Waals surface area contributed by atoms with Crippen LogP contribution in [0.25, 0.3) is 0 Å². The van der Waals surface area contributed by atoms with Crippen molar-refractivity contribution in [3.8, 4) is 5.75 Å². The molecule has 0 aliphatic heterocycles. The van der Waals surface area contributed by atoms with Crippen LogP contribution in [0.1, 0.15) is 31.7 Å². The zero-order valence-electron chi connectivity index (χ0n) is 16.0. The first kappa shape index (κ1) is 20.3. The second-order valence-corrected chi connectivity index (χ2v) is 7.44. The molecule has 1 N–H and O–H groups in total. The fraction of sp³-hybridized carbons (Fsp3) is 0.526. The number of rotatable bonds is 10. The molecule has 0 spiro atoms. The first-order valence-corrected chi connectivity index (χ1v) is 10.1. The Morgan fingerprint density at radius 3 is 2.85 bits per heavy atom. The van der Waals surface area contributed by atoms with Crippen molar-refractivity contribution in [2.75, 3.05) is 19.4 Å². The maximum absolute atomic E-state index is 11.9. The molecule has 2 aromatic rings. The molecule has 0 unspecified atom stereocenters. The maximum atomic E-state index is 11.9. The molecule has 26 heavy (non-hydrogen) atoms. The minimum atomic E-state index is -0.111. The Bertz CT molecular complexity index is 715. The van der Waals surface area contributed by atoms with Crippen LogP contribution in [0.5, 0.6) is 5.75 Å². The van der Waals surface area contributed by atoms with E-state index in [1.165, 1.54) is 0 Å². The lowest BCUT2D eigenvalue weighted by atomic mass is 10.2. The Morgan fingerprint density at radius 2 is 2.15 bits per heavy atom. The van der Waals surface area contributed by atoms with Crippen molar-refractivity contribution in [3.63, 3.8) is 0 Å². The second-order valence-electron chi connectivity index (χ2n) is 6.67. The predicted molar refractivity (Wildman–Crippen MR) is 105 cm³/mol. The summed E-state index contributed by atoms with van der Waals surface area (Å²) in [7, 11) is 0. The quantitative estimate of drug-likeness (QED) is 0.510. The van der Waals surface area contributed by atoms with E-state index in [4.69, 9.17) is 4.74 Å². The van der Waals surface area contributed by atoms with Gasteiger partial charge >= 0.3 is 0 Å². The van der Waals surface area contributed by atoms with Crippen LogP contribution in [-0.2, 0) is 17.8 Å². The van der Waals surface area contributed by atoms with E-state index in [9.17, 15) is 4.79 Å². The molecule has 1 amide bonds. The van der Waals surface area contributed by atoms with Gasteiger partial charge in [-0.3, -0.25) is 4.79 Å². The van der Waals surface area contributed by atoms with Gasteiger partial charge in [-0.15, -0.1) is 10.2 Å². The van der Waals surface area contributed by atoms with Gasteiger partial charge in [0, 0.05) is 19.5 Å². The van der Waals surface area contributed by atoms with Gasteiger partial charge in [0.1, 0.15) is 11.6 Å². The number of aromatic nitrogens is 3. The third-order valence-corrected chi connectivity index (χ3v) is 4.45. The molecule has 0 bridgehead atoms. The Labute approximate surface area is 159 Å². The standard InChI is InChI=1S/C19H28N4O2S/c1-14(2)12-23-17(21-22-19(23)26-4)9-6-10-20-18(24)13-25-16-8-5-7-15(3)11-16/h5,7-8,11,14H,6,9-10,12-13H2,1-4H3,(H,20,24). The van der Waals surface area contributed by atoms with E-state index in [0.29, 0.717) is 18.2 Å². The van der Waals surface area contributed by atoms with Crippen LogP contribution < -0.4 is 10.1 Å². The van der Waals surface area contributed by atoms with E-state index in [-0.39, 0.29) is 12.5 Å². The van der Waals surface area contributed by atoms with Gasteiger partial charge in [-0.2, -0.15) is 0 Å². The van der Waals surface area contributed by atoms with E-state index >= 15 is 0 Å². The Morgan fingerprint density at radius 1 is 1.35 bits per heavy atom. The number of aryl methyl sites for hydroxylation is 2. The maximum Gasteiger partial charge on any atom is 0.257 e. The van der Waals surface area contributed by atoms with Gasteiger partial charge in [-0.1, -0.05) is 37.7 Å².